The Balaban J connectivity index is 2.37. The lowest BCUT2D eigenvalue weighted by Crippen LogP contribution is -2.34. The Kier molecular flexibility index (Phi) is 5.42. The Bertz CT molecular complexity index is 939. The second-order valence-electron chi connectivity index (χ2n) is 9.99. The van der Waals surface area contributed by atoms with Gasteiger partial charge in [0.05, 0.1) is 6.21 Å². The minimum absolute atomic E-state index is 0.146. The van der Waals surface area contributed by atoms with Crippen LogP contribution in [0.1, 0.15) is 57.2 Å². The van der Waals surface area contributed by atoms with Gasteiger partial charge in [-0.1, -0.05) is 38.9 Å². The second kappa shape index (κ2) is 7.40. The van der Waals surface area contributed by atoms with Crippen LogP contribution in [0, 0.1) is 0 Å². The molecule has 0 bridgehead atoms. The molecule has 0 spiro atoms. The average molecular weight is 394 g/mol. The predicted molar refractivity (Wildman–Crippen MR) is 125 cm³/mol. The normalized spacial score (nSPS) is 17.2. The topological polar surface area (TPSA) is 39.1 Å². The predicted octanol–water partition coefficient (Wildman–Crippen LogP) is 5.64. The van der Waals surface area contributed by atoms with Crippen LogP contribution in [0.3, 0.4) is 0 Å². The van der Waals surface area contributed by atoms with Crippen molar-refractivity contribution >= 4 is 17.6 Å². The molecule has 0 amide bonds. The van der Waals surface area contributed by atoms with E-state index in [4.69, 9.17) is 5.21 Å². The van der Waals surface area contributed by atoms with Gasteiger partial charge in [-0.3, -0.25) is 0 Å². The third-order valence-corrected chi connectivity index (χ3v) is 6.45. The summed E-state index contributed by atoms with van der Waals surface area (Å²) in [6.07, 6.45) is 3.87. The zero-order chi connectivity index (χ0) is 21.6. The first-order valence-electron chi connectivity index (χ1n) is 10.3. The standard InChI is InChI=1S/C25H35N3O/c1-24(2)11-12-25(3,4)21-15-23(28(7)8)19(14-20(21)24)18-13-17(16-26-29)9-10-22(18)27(5)6/h9-10,13-16,29H,11-12H2,1-8H3. The average Bonchev–Trinajstić information content (AvgIpc) is 2.64. The largest absolute Gasteiger partial charge is 0.411 e. The van der Waals surface area contributed by atoms with Crippen LogP contribution in [-0.4, -0.2) is 39.6 Å². The monoisotopic (exact) mass is 393 g/mol. The van der Waals surface area contributed by atoms with Crippen LogP contribution in [0.4, 0.5) is 11.4 Å². The molecule has 156 valence electrons. The fourth-order valence-corrected chi connectivity index (χ4v) is 4.49. The summed E-state index contributed by atoms with van der Waals surface area (Å²) in [4.78, 5) is 4.35. The van der Waals surface area contributed by atoms with Crippen LogP contribution in [0.2, 0.25) is 0 Å². The van der Waals surface area contributed by atoms with Gasteiger partial charge in [-0.05, 0) is 64.6 Å². The summed E-state index contributed by atoms with van der Waals surface area (Å²) in [5.41, 5.74) is 8.84. The fraction of sp³-hybridized carbons (Fsp3) is 0.480. The highest BCUT2D eigenvalue weighted by atomic mass is 16.4. The maximum atomic E-state index is 9.04. The highest BCUT2D eigenvalue weighted by Gasteiger charge is 2.38. The molecule has 3 rings (SSSR count). The van der Waals surface area contributed by atoms with E-state index in [0.717, 1.165) is 16.8 Å². The molecule has 1 aliphatic carbocycles. The van der Waals surface area contributed by atoms with Crippen LogP contribution < -0.4 is 9.80 Å². The van der Waals surface area contributed by atoms with Crippen molar-refractivity contribution in [2.24, 2.45) is 5.16 Å². The van der Waals surface area contributed by atoms with Crippen LogP contribution in [0.15, 0.2) is 35.5 Å². The summed E-state index contributed by atoms with van der Waals surface area (Å²) in [5.74, 6) is 0. The van der Waals surface area contributed by atoms with E-state index in [1.165, 1.54) is 41.4 Å². The fourth-order valence-electron chi connectivity index (χ4n) is 4.49. The summed E-state index contributed by atoms with van der Waals surface area (Å²) in [7, 11) is 8.36. The SMILES string of the molecule is CN(C)c1ccc(C=NO)cc1-c1cc2c(cc1N(C)C)C(C)(C)CCC2(C)C. The van der Waals surface area contributed by atoms with Gasteiger partial charge >= 0.3 is 0 Å². The molecule has 0 radical (unpaired) electrons. The van der Waals surface area contributed by atoms with Crippen molar-refractivity contribution in [3.05, 3.63) is 47.0 Å². The van der Waals surface area contributed by atoms with Gasteiger partial charge in [0.25, 0.3) is 0 Å². The van der Waals surface area contributed by atoms with E-state index in [1.54, 1.807) is 0 Å². The van der Waals surface area contributed by atoms with Crippen LogP contribution >= 0.6 is 0 Å². The summed E-state index contributed by atoms with van der Waals surface area (Å²) in [6.45, 7) is 9.46. The zero-order valence-electron chi connectivity index (χ0n) is 19.2. The van der Waals surface area contributed by atoms with Gasteiger partial charge in [-0.25, -0.2) is 0 Å². The van der Waals surface area contributed by atoms with E-state index in [1.807, 2.05) is 6.07 Å². The van der Waals surface area contributed by atoms with Gasteiger partial charge < -0.3 is 15.0 Å². The Morgan fingerprint density at radius 3 is 1.83 bits per heavy atom. The number of hydrogen-bond acceptors (Lipinski definition) is 4. The van der Waals surface area contributed by atoms with E-state index in [-0.39, 0.29) is 10.8 Å². The van der Waals surface area contributed by atoms with Crippen LogP contribution in [0.25, 0.3) is 11.1 Å². The van der Waals surface area contributed by atoms with Gasteiger partial charge in [0, 0.05) is 50.7 Å². The van der Waals surface area contributed by atoms with E-state index in [0.29, 0.717) is 0 Å². The van der Waals surface area contributed by atoms with Gasteiger partial charge in [0.1, 0.15) is 0 Å². The van der Waals surface area contributed by atoms with Gasteiger partial charge in [-0.2, -0.15) is 0 Å². The Hall–Kier alpha value is -2.49. The van der Waals surface area contributed by atoms with E-state index in [2.05, 4.69) is 95.1 Å². The van der Waals surface area contributed by atoms with Gasteiger partial charge in [0.15, 0.2) is 0 Å². The third kappa shape index (κ3) is 3.85. The molecule has 1 aliphatic rings. The third-order valence-electron chi connectivity index (χ3n) is 6.45. The van der Waals surface area contributed by atoms with Crippen molar-refractivity contribution in [3.63, 3.8) is 0 Å². The summed E-state index contributed by atoms with van der Waals surface area (Å²) in [5, 5.41) is 12.3. The summed E-state index contributed by atoms with van der Waals surface area (Å²) < 4.78 is 0. The van der Waals surface area contributed by atoms with Crippen LogP contribution in [-0.2, 0) is 10.8 Å². The first kappa shape index (κ1) is 21.2. The van der Waals surface area contributed by atoms with Crippen molar-refractivity contribution < 1.29 is 5.21 Å². The van der Waals surface area contributed by atoms with Crippen molar-refractivity contribution in [2.75, 3.05) is 38.0 Å². The molecular weight excluding hydrogens is 358 g/mol. The molecular formula is C25H35N3O. The number of benzene rings is 2. The first-order chi connectivity index (χ1) is 13.5. The minimum Gasteiger partial charge on any atom is -0.411 e. The molecule has 0 aliphatic heterocycles. The molecule has 0 atom stereocenters. The van der Waals surface area contributed by atoms with E-state index < -0.39 is 0 Å². The lowest BCUT2D eigenvalue weighted by molar-refractivity contribution is 0.322. The molecule has 0 saturated heterocycles. The molecule has 0 fully saturated rings. The quantitative estimate of drug-likeness (QED) is 0.415. The number of fused-ring (bicyclic) bond motifs is 1. The number of anilines is 2. The minimum atomic E-state index is 0.146. The lowest BCUT2D eigenvalue weighted by Gasteiger charge is -2.43. The Morgan fingerprint density at radius 2 is 1.31 bits per heavy atom. The maximum absolute atomic E-state index is 9.04. The molecule has 0 saturated carbocycles. The van der Waals surface area contributed by atoms with Crippen molar-refractivity contribution in [2.45, 2.75) is 51.4 Å². The van der Waals surface area contributed by atoms with E-state index in [9.17, 15) is 0 Å². The number of hydrogen-bond donors (Lipinski definition) is 1. The number of oxime groups is 1. The molecule has 2 aromatic carbocycles. The Labute approximate surface area is 175 Å². The zero-order valence-corrected chi connectivity index (χ0v) is 19.2. The Morgan fingerprint density at radius 1 is 0.793 bits per heavy atom. The van der Waals surface area contributed by atoms with Crippen molar-refractivity contribution in [3.8, 4) is 11.1 Å². The molecule has 2 aromatic rings. The van der Waals surface area contributed by atoms with E-state index >= 15 is 0 Å². The molecule has 0 unspecified atom stereocenters. The second-order valence-corrected chi connectivity index (χ2v) is 9.99. The van der Waals surface area contributed by atoms with Crippen molar-refractivity contribution in [1.82, 2.24) is 0 Å². The molecule has 0 aromatic heterocycles. The smallest absolute Gasteiger partial charge is 0.0734 e. The van der Waals surface area contributed by atoms with Gasteiger partial charge in [-0.15, -0.1) is 0 Å². The number of nitrogens with zero attached hydrogens (tertiary/aromatic N) is 3. The lowest BCUT2D eigenvalue weighted by atomic mass is 9.62. The first-order valence-corrected chi connectivity index (χ1v) is 10.3. The molecule has 4 heteroatoms. The maximum Gasteiger partial charge on any atom is 0.0734 e. The summed E-state index contributed by atoms with van der Waals surface area (Å²) >= 11 is 0. The van der Waals surface area contributed by atoms with Crippen LogP contribution in [0.5, 0.6) is 0 Å². The van der Waals surface area contributed by atoms with Crippen molar-refractivity contribution in [1.29, 1.82) is 0 Å². The summed E-state index contributed by atoms with van der Waals surface area (Å²) in [6, 6.07) is 11.0. The highest BCUT2D eigenvalue weighted by Crippen LogP contribution is 2.50. The van der Waals surface area contributed by atoms with Gasteiger partial charge in [0.2, 0.25) is 0 Å². The number of rotatable bonds is 4. The molecule has 1 N–H and O–H groups in total. The molecule has 29 heavy (non-hydrogen) atoms. The molecule has 0 heterocycles. The highest BCUT2D eigenvalue weighted by molar-refractivity contribution is 5.92. The molecule has 4 nitrogen and oxygen atoms in total.